The van der Waals surface area contributed by atoms with E-state index in [1.54, 1.807) is 6.07 Å². The fraction of sp³-hybridized carbons (Fsp3) is 0.455. The van der Waals surface area contributed by atoms with E-state index in [2.05, 4.69) is 20.6 Å². The minimum Gasteiger partial charge on any atom is -0.329 e. The van der Waals surface area contributed by atoms with Gasteiger partial charge in [0.2, 0.25) is 0 Å². The number of aryl methyl sites for hydroxylation is 1. The summed E-state index contributed by atoms with van der Waals surface area (Å²) in [6.45, 7) is 4.49. The maximum absolute atomic E-state index is 9.37. The molecule has 1 N–H and O–H groups in total. The molecule has 1 unspecified atom stereocenters. The van der Waals surface area contributed by atoms with Gasteiger partial charge in [-0.1, -0.05) is 37.6 Å². The SMILES string of the molecule is Cc1ccc(C(C)(C)C)c(OOP(O)(=S)OCl)c1. The fourth-order valence-corrected chi connectivity index (χ4v) is 1.77. The zero-order chi connectivity index (χ0) is 14.0. The third kappa shape index (κ3) is 4.50. The van der Waals surface area contributed by atoms with E-state index in [0.29, 0.717) is 5.75 Å². The lowest BCUT2D eigenvalue weighted by Crippen LogP contribution is -2.13. The van der Waals surface area contributed by atoms with Gasteiger partial charge in [-0.25, -0.2) is 0 Å². The molecule has 0 saturated carbocycles. The van der Waals surface area contributed by atoms with E-state index >= 15 is 0 Å². The Balaban J connectivity index is 3.01. The number of hydrogen-bond acceptors (Lipinski definition) is 4. The van der Waals surface area contributed by atoms with Crippen molar-refractivity contribution in [2.24, 2.45) is 0 Å². The van der Waals surface area contributed by atoms with E-state index in [9.17, 15) is 4.89 Å². The van der Waals surface area contributed by atoms with Crippen LogP contribution in [0.2, 0.25) is 0 Å². The van der Waals surface area contributed by atoms with Gasteiger partial charge in [-0.2, -0.15) is 4.08 Å². The van der Waals surface area contributed by atoms with Gasteiger partial charge in [-0.15, -0.1) is 0 Å². The molecule has 0 radical (unpaired) electrons. The summed E-state index contributed by atoms with van der Waals surface area (Å²) >= 11 is 9.59. The third-order valence-electron chi connectivity index (χ3n) is 2.25. The molecule has 0 aliphatic carbocycles. The van der Waals surface area contributed by atoms with E-state index in [1.807, 2.05) is 39.8 Å². The molecule has 0 aliphatic heterocycles. The second-order valence-electron chi connectivity index (χ2n) is 4.95. The van der Waals surface area contributed by atoms with Gasteiger partial charge in [0.15, 0.2) is 5.75 Å². The molecule has 0 heterocycles. The van der Waals surface area contributed by atoms with Crippen LogP contribution >= 0.6 is 18.6 Å². The van der Waals surface area contributed by atoms with Crippen LogP contribution in [-0.2, 0) is 26.0 Å². The molecule has 0 spiro atoms. The smallest absolute Gasteiger partial charge is 0.329 e. The van der Waals surface area contributed by atoms with E-state index in [1.165, 1.54) is 0 Å². The second kappa shape index (κ2) is 5.87. The Morgan fingerprint density at radius 1 is 1.33 bits per heavy atom. The molecule has 1 rings (SSSR count). The average molecular weight is 311 g/mol. The lowest BCUT2D eigenvalue weighted by atomic mass is 9.86. The quantitative estimate of drug-likeness (QED) is 0.517. The zero-order valence-electron chi connectivity index (χ0n) is 10.6. The van der Waals surface area contributed by atoms with E-state index in [0.717, 1.165) is 11.1 Å². The molecule has 0 bridgehead atoms. The molecular formula is C11H16ClO4PS. The highest BCUT2D eigenvalue weighted by Gasteiger charge is 2.22. The van der Waals surface area contributed by atoms with Crippen molar-refractivity contribution >= 4 is 30.4 Å². The predicted octanol–water partition coefficient (Wildman–Crippen LogP) is 3.99. The summed E-state index contributed by atoms with van der Waals surface area (Å²) in [5.41, 5.74) is 1.80. The largest absolute Gasteiger partial charge is 0.380 e. The normalized spacial score (nSPS) is 15.2. The van der Waals surface area contributed by atoms with Gasteiger partial charge < -0.3 is 9.78 Å². The van der Waals surface area contributed by atoms with Crippen LogP contribution in [0.3, 0.4) is 0 Å². The van der Waals surface area contributed by atoms with Crippen molar-refractivity contribution in [1.29, 1.82) is 0 Å². The number of rotatable bonds is 4. The van der Waals surface area contributed by atoms with Crippen molar-refractivity contribution in [2.75, 3.05) is 0 Å². The Morgan fingerprint density at radius 3 is 2.44 bits per heavy atom. The molecule has 0 aromatic heterocycles. The summed E-state index contributed by atoms with van der Waals surface area (Å²) in [6, 6.07) is 5.71. The maximum Gasteiger partial charge on any atom is 0.380 e. The van der Waals surface area contributed by atoms with Crippen LogP contribution in [0.15, 0.2) is 18.2 Å². The first kappa shape index (κ1) is 15.9. The maximum atomic E-state index is 9.37. The van der Waals surface area contributed by atoms with Crippen molar-refractivity contribution in [1.82, 2.24) is 0 Å². The van der Waals surface area contributed by atoms with Crippen molar-refractivity contribution < 1.29 is 18.5 Å². The van der Waals surface area contributed by atoms with Gasteiger partial charge >= 0.3 is 6.72 Å². The van der Waals surface area contributed by atoms with Gasteiger partial charge in [0, 0.05) is 5.56 Å². The highest BCUT2D eigenvalue weighted by molar-refractivity contribution is 8.07. The van der Waals surface area contributed by atoms with Crippen LogP contribution in [0.25, 0.3) is 0 Å². The lowest BCUT2D eigenvalue weighted by molar-refractivity contribution is -0.110. The Hall–Kier alpha value is -0.160. The average Bonchev–Trinajstić information content (AvgIpc) is 2.25. The summed E-state index contributed by atoms with van der Waals surface area (Å²) in [6.07, 6.45) is 0. The number of halogens is 1. The van der Waals surface area contributed by atoms with Crippen molar-refractivity contribution in [3.05, 3.63) is 29.3 Å². The zero-order valence-corrected chi connectivity index (χ0v) is 13.1. The Kier molecular flexibility index (Phi) is 5.18. The molecule has 0 fully saturated rings. The summed E-state index contributed by atoms with van der Waals surface area (Å²) in [4.78, 5) is 14.5. The highest BCUT2D eigenvalue weighted by Crippen LogP contribution is 2.46. The van der Waals surface area contributed by atoms with Crippen LogP contribution in [0.5, 0.6) is 5.75 Å². The summed E-state index contributed by atoms with van der Waals surface area (Å²) < 4.78 is 8.80. The van der Waals surface area contributed by atoms with E-state index < -0.39 is 6.72 Å². The topological polar surface area (TPSA) is 47.9 Å². The highest BCUT2D eigenvalue weighted by atomic mass is 35.5. The molecule has 1 aromatic carbocycles. The predicted molar refractivity (Wildman–Crippen MR) is 75.0 cm³/mol. The van der Waals surface area contributed by atoms with Gasteiger partial charge in [0.25, 0.3) is 0 Å². The Labute approximate surface area is 117 Å². The molecular weight excluding hydrogens is 295 g/mol. The van der Waals surface area contributed by atoms with Gasteiger partial charge in [0.05, 0.1) is 11.9 Å². The lowest BCUT2D eigenvalue weighted by Gasteiger charge is -2.22. The molecule has 18 heavy (non-hydrogen) atoms. The molecule has 1 atom stereocenters. The third-order valence-corrected chi connectivity index (χ3v) is 3.90. The summed E-state index contributed by atoms with van der Waals surface area (Å²) in [5, 5.41) is 0. The van der Waals surface area contributed by atoms with E-state index in [-0.39, 0.29) is 5.41 Å². The second-order valence-corrected chi connectivity index (χ2v) is 7.97. The van der Waals surface area contributed by atoms with Crippen LogP contribution < -0.4 is 4.89 Å². The van der Waals surface area contributed by atoms with Crippen LogP contribution in [0, 0.1) is 6.92 Å². The van der Waals surface area contributed by atoms with Crippen LogP contribution in [0.1, 0.15) is 31.9 Å². The first-order valence-electron chi connectivity index (χ1n) is 5.26. The number of hydrogen-bond donors (Lipinski definition) is 1. The number of benzene rings is 1. The molecule has 7 heteroatoms. The Bertz CT molecular complexity index is 473. The van der Waals surface area contributed by atoms with Crippen molar-refractivity contribution in [2.45, 2.75) is 33.1 Å². The fourth-order valence-electron chi connectivity index (χ4n) is 1.42. The first-order chi connectivity index (χ1) is 8.15. The molecule has 4 nitrogen and oxygen atoms in total. The van der Waals surface area contributed by atoms with Crippen LogP contribution in [0.4, 0.5) is 0 Å². The molecule has 102 valence electrons. The summed E-state index contributed by atoms with van der Waals surface area (Å²) in [5.74, 6) is 0.486. The van der Waals surface area contributed by atoms with Gasteiger partial charge in [-0.3, -0.25) is 0 Å². The molecule has 0 amide bonds. The van der Waals surface area contributed by atoms with Gasteiger partial charge in [0.1, 0.15) is 0 Å². The monoisotopic (exact) mass is 310 g/mol. The minimum absolute atomic E-state index is 0.133. The Morgan fingerprint density at radius 2 is 1.94 bits per heavy atom. The first-order valence-corrected chi connectivity index (χ1v) is 8.16. The minimum atomic E-state index is -3.55. The van der Waals surface area contributed by atoms with Gasteiger partial charge in [-0.05, 0) is 35.8 Å². The molecule has 0 aliphatic rings. The van der Waals surface area contributed by atoms with Crippen molar-refractivity contribution in [3.63, 3.8) is 0 Å². The van der Waals surface area contributed by atoms with Crippen LogP contribution in [-0.4, -0.2) is 4.89 Å². The molecule has 0 saturated heterocycles. The standard InChI is InChI=1S/C11H16ClO4PS/c1-8-5-6-9(11(2,3)4)10(7-8)14-16-17(13,18)15-12/h5-7H,1-4H3,(H,13,18). The van der Waals surface area contributed by atoms with E-state index in [4.69, 9.17) is 16.8 Å². The summed E-state index contributed by atoms with van der Waals surface area (Å²) in [7, 11) is 0. The molecule has 1 aromatic rings. The van der Waals surface area contributed by atoms with Crippen molar-refractivity contribution in [3.8, 4) is 5.75 Å².